The van der Waals surface area contributed by atoms with Crippen molar-refractivity contribution in [1.29, 1.82) is 0 Å². The van der Waals surface area contributed by atoms with E-state index in [1.54, 1.807) is 24.2 Å². The maximum absolute atomic E-state index is 12.8. The van der Waals surface area contributed by atoms with Gasteiger partial charge in [-0.05, 0) is 37.5 Å². The molecule has 30 heavy (non-hydrogen) atoms. The van der Waals surface area contributed by atoms with Gasteiger partial charge in [-0.15, -0.1) is 0 Å². The maximum Gasteiger partial charge on any atom is 0.225 e. The molecule has 0 bridgehead atoms. The van der Waals surface area contributed by atoms with Crippen molar-refractivity contribution in [2.24, 2.45) is 5.92 Å². The zero-order chi connectivity index (χ0) is 20.8. The van der Waals surface area contributed by atoms with E-state index in [-0.39, 0.29) is 11.8 Å². The predicted octanol–water partition coefficient (Wildman–Crippen LogP) is 4.47. The number of hydrogen-bond acceptors (Lipinski definition) is 5. The fraction of sp³-hybridized carbons (Fsp3) is 0.292. The highest BCUT2D eigenvalue weighted by Gasteiger charge is 2.28. The number of hydrogen-bond donors (Lipinski definition) is 1. The molecule has 0 radical (unpaired) electrons. The lowest BCUT2D eigenvalue weighted by Crippen LogP contribution is -2.43. The van der Waals surface area contributed by atoms with E-state index in [0.29, 0.717) is 13.1 Å². The van der Waals surface area contributed by atoms with Gasteiger partial charge >= 0.3 is 0 Å². The quantitative estimate of drug-likeness (QED) is 0.640. The normalized spacial score (nSPS) is 16.3. The van der Waals surface area contributed by atoms with Crippen LogP contribution < -0.4 is 10.2 Å². The van der Waals surface area contributed by atoms with E-state index in [4.69, 9.17) is 0 Å². The first-order valence-corrected chi connectivity index (χ1v) is 11.1. The highest BCUT2D eigenvalue weighted by molar-refractivity contribution is 7.99. The number of piperidine rings is 1. The van der Waals surface area contributed by atoms with Crippen LogP contribution in [0.1, 0.15) is 24.0 Å². The number of nitrogens with one attached hydrogen (secondary N) is 1. The lowest BCUT2D eigenvalue weighted by Gasteiger charge is -2.33. The first kappa shape index (κ1) is 20.4. The molecule has 0 aliphatic carbocycles. The summed E-state index contributed by atoms with van der Waals surface area (Å²) in [4.78, 5) is 25.3. The van der Waals surface area contributed by atoms with Gasteiger partial charge in [0.05, 0.1) is 5.92 Å². The van der Waals surface area contributed by atoms with E-state index in [1.807, 2.05) is 18.2 Å². The Hall–Kier alpha value is -2.86. The number of nitrogens with zero attached hydrogens (tertiary/aromatic N) is 3. The van der Waals surface area contributed by atoms with E-state index in [9.17, 15) is 4.79 Å². The van der Waals surface area contributed by atoms with Crippen molar-refractivity contribution >= 4 is 23.5 Å². The molecular formula is C24H26N4OS. The van der Waals surface area contributed by atoms with Gasteiger partial charge in [-0.25, -0.2) is 9.97 Å². The van der Waals surface area contributed by atoms with Gasteiger partial charge in [0, 0.05) is 36.9 Å². The van der Waals surface area contributed by atoms with E-state index in [0.717, 1.165) is 40.7 Å². The van der Waals surface area contributed by atoms with Crippen LogP contribution in [-0.4, -0.2) is 29.0 Å². The fourth-order valence-electron chi connectivity index (χ4n) is 3.63. The Balaban J connectivity index is 1.41. The highest BCUT2D eigenvalue weighted by atomic mass is 32.2. The van der Waals surface area contributed by atoms with Crippen LogP contribution in [0.25, 0.3) is 0 Å². The van der Waals surface area contributed by atoms with Crippen molar-refractivity contribution < 1.29 is 4.79 Å². The minimum absolute atomic E-state index is 0.0409. The van der Waals surface area contributed by atoms with Crippen molar-refractivity contribution in [2.45, 2.75) is 36.2 Å². The van der Waals surface area contributed by atoms with Gasteiger partial charge in [-0.2, -0.15) is 0 Å². The number of rotatable bonds is 6. The molecule has 6 heteroatoms. The summed E-state index contributed by atoms with van der Waals surface area (Å²) >= 11 is 1.61. The zero-order valence-electron chi connectivity index (χ0n) is 17.1. The number of carbonyl (C=O) groups excluding carboxylic acids is 1. The molecule has 1 N–H and O–H groups in total. The molecule has 1 saturated heterocycles. The van der Waals surface area contributed by atoms with Crippen molar-refractivity contribution in [2.75, 3.05) is 18.0 Å². The molecule has 5 nitrogen and oxygen atoms in total. The average molecular weight is 419 g/mol. The van der Waals surface area contributed by atoms with Crippen LogP contribution in [0.3, 0.4) is 0 Å². The van der Waals surface area contributed by atoms with Crippen molar-refractivity contribution in [3.05, 3.63) is 78.1 Å². The molecule has 3 aromatic rings. The summed E-state index contributed by atoms with van der Waals surface area (Å²) in [5.74, 6) is 0.935. The molecule has 4 rings (SSSR count). The second kappa shape index (κ2) is 9.76. The largest absolute Gasteiger partial charge is 0.354 e. The lowest BCUT2D eigenvalue weighted by atomic mass is 9.97. The molecule has 1 aliphatic rings. The number of aromatic nitrogens is 2. The van der Waals surface area contributed by atoms with Gasteiger partial charge in [0.2, 0.25) is 5.91 Å². The molecule has 1 aliphatic heterocycles. The van der Waals surface area contributed by atoms with Gasteiger partial charge in [0.15, 0.2) is 5.82 Å². The fourth-order valence-corrected chi connectivity index (χ4v) is 4.53. The molecule has 1 aromatic heterocycles. The highest BCUT2D eigenvalue weighted by Crippen LogP contribution is 2.33. The molecule has 154 valence electrons. The third-order valence-electron chi connectivity index (χ3n) is 5.28. The first-order chi connectivity index (χ1) is 14.7. The summed E-state index contributed by atoms with van der Waals surface area (Å²) in [6, 6.07) is 18.5. The van der Waals surface area contributed by atoms with Gasteiger partial charge in [-0.3, -0.25) is 4.79 Å². The standard InChI is InChI=1S/C24H26N4OS/c1-18-9-11-19(12-10-18)16-27-23(29)20-6-5-15-28(17-20)22-24(26-14-13-25-22)30-21-7-3-2-4-8-21/h2-4,7-14,20H,5-6,15-17H2,1H3,(H,27,29)/t20-/m1/s1. The molecule has 1 amide bonds. The molecule has 0 saturated carbocycles. The van der Waals surface area contributed by atoms with Gasteiger partial charge < -0.3 is 10.2 Å². The Morgan fingerprint density at radius 3 is 2.67 bits per heavy atom. The van der Waals surface area contributed by atoms with E-state index >= 15 is 0 Å². The molecule has 1 atom stereocenters. The Morgan fingerprint density at radius 2 is 1.87 bits per heavy atom. The SMILES string of the molecule is Cc1ccc(CNC(=O)[C@@H]2CCCN(c3nccnc3Sc3ccccc3)C2)cc1. The molecule has 2 aromatic carbocycles. The van der Waals surface area contributed by atoms with E-state index in [1.165, 1.54) is 5.56 Å². The summed E-state index contributed by atoms with van der Waals surface area (Å²) < 4.78 is 0. The number of aryl methyl sites for hydroxylation is 1. The topological polar surface area (TPSA) is 58.1 Å². The lowest BCUT2D eigenvalue weighted by molar-refractivity contribution is -0.125. The summed E-state index contributed by atoms with van der Waals surface area (Å²) in [5, 5.41) is 3.99. The summed E-state index contributed by atoms with van der Waals surface area (Å²) in [6.45, 7) is 4.19. The third-order valence-corrected chi connectivity index (χ3v) is 6.27. The minimum Gasteiger partial charge on any atom is -0.354 e. The average Bonchev–Trinajstić information content (AvgIpc) is 2.80. The van der Waals surface area contributed by atoms with Crippen LogP contribution in [-0.2, 0) is 11.3 Å². The second-order valence-corrected chi connectivity index (χ2v) is 8.65. The van der Waals surface area contributed by atoms with E-state index in [2.05, 4.69) is 63.5 Å². The van der Waals surface area contributed by atoms with Crippen molar-refractivity contribution in [3.63, 3.8) is 0 Å². The Morgan fingerprint density at radius 1 is 1.10 bits per heavy atom. The molecular weight excluding hydrogens is 392 g/mol. The van der Waals surface area contributed by atoms with Crippen molar-refractivity contribution in [3.8, 4) is 0 Å². The van der Waals surface area contributed by atoms with Crippen LogP contribution in [0.15, 0.2) is 76.9 Å². The van der Waals surface area contributed by atoms with Crippen LogP contribution in [0.5, 0.6) is 0 Å². The number of carbonyl (C=O) groups is 1. The Bertz CT molecular complexity index is 978. The van der Waals surface area contributed by atoms with Crippen LogP contribution in [0.2, 0.25) is 0 Å². The van der Waals surface area contributed by atoms with Gasteiger partial charge in [0.1, 0.15) is 5.03 Å². The molecule has 0 spiro atoms. The summed E-state index contributed by atoms with van der Waals surface area (Å²) in [6.07, 6.45) is 5.32. The van der Waals surface area contributed by atoms with Crippen molar-refractivity contribution in [1.82, 2.24) is 15.3 Å². The molecule has 2 heterocycles. The third kappa shape index (κ3) is 5.19. The molecule has 0 unspecified atom stereocenters. The predicted molar refractivity (Wildman–Crippen MR) is 121 cm³/mol. The Kier molecular flexibility index (Phi) is 6.64. The van der Waals surface area contributed by atoms with Crippen LogP contribution >= 0.6 is 11.8 Å². The first-order valence-electron chi connectivity index (χ1n) is 10.3. The molecule has 1 fully saturated rings. The van der Waals surface area contributed by atoms with Crippen LogP contribution in [0.4, 0.5) is 5.82 Å². The second-order valence-electron chi connectivity index (χ2n) is 7.59. The number of amides is 1. The monoisotopic (exact) mass is 418 g/mol. The van der Waals surface area contributed by atoms with Gasteiger partial charge in [-0.1, -0.05) is 59.8 Å². The maximum atomic E-state index is 12.8. The number of anilines is 1. The Labute approximate surface area is 181 Å². The van der Waals surface area contributed by atoms with Gasteiger partial charge in [0.25, 0.3) is 0 Å². The summed E-state index contributed by atoms with van der Waals surface area (Å²) in [7, 11) is 0. The smallest absolute Gasteiger partial charge is 0.225 e. The van der Waals surface area contributed by atoms with Crippen LogP contribution in [0, 0.1) is 12.8 Å². The zero-order valence-corrected chi connectivity index (χ0v) is 17.9. The number of benzene rings is 2. The van der Waals surface area contributed by atoms with E-state index < -0.39 is 0 Å². The minimum atomic E-state index is -0.0409. The summed E-state index contributed by atoms with van der Waals surface area (Å²) in [5.41, 5.74) is 2.35.